The largest absolute Gasteiger partial charge is 0.478 e. The van der Waals surface area contributed by atoms with Crippen molar-refractivity contribution in [3.05, 3.63) is 81.5 Å². The Hall–Kier alpha value is -3.72. The predicted molar refractivity (Wildman–Crippen MR) is 120 cm³/mol. The van der Waals surface area contributed by atoms with Crippen LogP contribution in [-0.4, -0.2) is 21.8 Å². The lowest BCUT2D eigenvalue weighted by Crippen LogP contribution is -2.09. The molecule has 0 spiro atoms. The molecule has 5 nitrogen and oxygen atoms in total. The number of benzene rings is 1. The molecule has 158 valence electrons. The second-order valence-electron chi connectivity index (χ2n) is 7.25. The van der Waals surface area contributed by atoms with E-state index in [9.17, 15) is 9.18 Å². The summed E-state index contributed by atoms with van der Waals surface area (Å²) in [4.78, 5) is 20.1. The highest BCUT2D eigenvalue weighted by Gasteiger charge is 2.19. The van der Waals surface area contributed by atoms with Crippen molar-refractivity contribution in [1.29, 1.82) is 0 Å². The summed E-state index contributed by atoms with van der Waals surface area (Å²) in [6.07, 6.45) is 4.14. The van der Waals surface area contributed by atoms with Gasteiger partial charge in [0.1, 0.15) is 11.6 Å². The Balaban J connectivity index is 2.17. The fourth-order valence-corrected chi connectivity index (χ4v) is 3.36. The SMILES string of the molecule is CCC1=CN=C(c2ccc(C(=O)O)c(F)c2)C(C#Cc2ccc(N)nc2C)=C(CC)C1. The van der Waals surface area contributed by atoms with Crippen molar-refractivity contribution < 1.29 is 14.3 Å². The van der Waals surface area contributed by atoms with Crippen LogP contribution in [0.15, 0.2) is 58.2 Å². The lowest BCUT2D eigenvalue weighted by molar-refractivity contribution is 0.0692. The molecule has 2 aromatic rings. The topological polar surface area (TPSA) is 88.6 Å². The van der Waals surface area contributed by atoms with Crippen molar-refractivity contribution in [3.63, 3.8) is 0 Å². The van der Waals surface area contributed by atoms with Crippen molar-refractivity contribution in [1.82, 2.24) is 4.98 Å². The molecule has 0 saturated heterocycles. The van der Waals surface area contributed by atoms with Crippen LogP contribution < -0.4 is 5.73 Å². The molecule has 0 unspecified atom stereocenters. The van der Waals surface area contributed by atoms with Crippen LogP contribution in [0.2, 0.25) is 0 Å². The molecule has 0 fully saturated rings. The van der Waals surface area contributed by atoms with Gasteiger partial charge in [0.25, 0.3) is 0 Å². The van der Waals surface area contributed by atoms with Gasteiger partial charge in [-0.25, -0.2) is 14.2 Å². The van der Waals surface area contributed by atoms with Gasteiger partial charge in [-0.15, -0.1) is 0 Å². The third-order valence-electron chi connectivity index (χ3n) is 5.19. The molecule has 31 heavy (non-hydrogen) atoms. The maximum absolute atomic E-state index is 14.4. The summed E-state index contributed by atoms with van der Waals surface area (Å²) in [7, 11) is 0. The van der Waals surface area contributed by atoms with E-state index in [2.05, 4.69) is 35.7 Å². The smallest absolute Gasteiger partial charge is 0.338 e. The van der Waals surface area contributed by atoms with Crippen LogP contribution in [0.25, 0.3) is 0 Å². The minimum Gasteiger partial charge on any atom is -0.478 e. The third kappa shape index (κ3) is 4.89. The van der Waals surface area contributed by atoms with E-state index >= 15 is 0 Å². The molecule has 0 atom stereocenters. The summed E-state index contributed by atoms with van der Waals surface area (Å²) in [5, 5.41) is 9.14. The first-order valence-corrected chi connectivity index (χ1v) is 10.1. The molecule has 3 rings (SSSR count). The zero-order valence-electron chi connectivity index (χ0n) is 17.8. The van der Waals surface area contributed by atoms with E-state index in [1.165, 1.54) is 12.1 Å². The molecule has 0 bridgehead atoms. The number of anilines is 1. The van der Waals surface area contributed by atoms with Crippen molar-refractivity contribution in [2.75, 3.05) is 5.73 Å². The number of aliphatic imine (C=N–C) groups is 1. The summed E-state index contributed by atoms with van der Waals surface area (Å²) in [6.45, 7) is 5.96. The molecule has 0 amide bonds. The van der Waals surface area contributed by atoms with Gasteiger partial charge in [-0.2, -0.15) is 0 Å². The monoisotopic (exact) mass is 417 g/mol. The van der Waals surface area contributed by atoms with Crippen LogP contribution in [0.4, 0.5) is 10.2 Å². The zero-order valence-corrected chi connectivity index (χ0v) is 17.8. The van der Waals surface area contributed by atoms with E-state index in [1.807, 2.05) is 13.0 Å². The fraction of sp³-hybridized carbons (Fsp3) is 0.240. The fourth-order valence-electron chi connectivity index (χ4n) is 3.36. The summed E-state index contributed by atoms with van der Waals surface area (Å²) >= 11 is 0. The minimum absolute atomic E-state index is 0.376. The minimum atomic E-state index is -1.31. The van der Waals surface area contributed by atoms with E-state index in [0.29, 0.717) is 17.1 Å². The van der Waals surface area contributed by atoms with E-state index in [4.69, 9.17) is 10.8 Å². The van der Waals surface area contributed by atoms with Crippen LogP contribution >= 0.6 is 0 Å². The first kappa shape index (κ1) is 22.0. The number of hydrogen-bond acceptors (Lipinski definition) is 4. The molecule has 1 aromatic carbocycles. The quantitative estimate of drug-likeness (QED) is 0.681. The van der Waals surface area contributed by atoms with Crippen molar-refractivity contribution in [2.45, 2.75) is 40.0 Å². The van der Waals surface area contributed by atoms with Gasteiger partial charge in [0, 0.05) is 17.3 Å². The Bertz CT molecular complexity index is 1200. The van der Waals surface area contributed by atoms with Crippen molar-refractivity contribution >= 4 is 17.5 Å². The average Bonchev–Trinajstić information content (AvgIpc) is 2.91. The molecule has 0 saturated carbocycles. The number of carboxylic acid groups (broad SMARTS) is 1. The number of allylic oxidation sites excluding steroid dienone is 3. The Morgan fingerprint density at radius 2 is 1.97 bits per heavy atom. The van der Waals surface area contributed by atoms with Crippen LogP contribution in [0.3, 0.4) is 0 Å². The Morgan fingerprint density at radius 1 is 1.19 bits per heavy atom. The number of aromatic nitrogens is 1. The number of nitrogens with two attached hydrogens (primary N) is 1. The number of rotatable bonds is 4. The standard InChI is InChI=1S/C25H24FN3O2/c1-4-16-12-17(5-2)20(9-6-18-8-11-23(27)29-15(18)3)24(28-14-16)19-7-10-21(25(30)31)22(26)13-19/h7-8,10-11,13-14H,4-5,12H2,1-3H3,(H2,27,29)(H,30,31). The second-order valence-corrected chi connectivity index (χ2v) is 7.25. The Labute approximate surface area is 181 Å². The highest BCUT2D eigenvalue weighted by molar-refractivity contribution is 6.16. The van der Waals surface area contributed by atoms with Crippen LogP contribution in [0.1, 0.15) is 60.3 Å². The van der Waals surface area contributed by atoms with Crippen LogP contribution in [0, 0.1) is 24.6 Å². The molecule has 0 radical (unpaired) electrons. The highest BCUT2D eigenvalue weighted by Crippen LogP contribution is 2.27. The summed E-state index contributed by atoms with van der Waals surface area (Å²) < 4.78 is 14.4. The third-order valence-corrected chi connectivity index (χ3v) is 5.19. The van der Waals surface area contributed by atoms with E-state index in [0.717, 1.165) is 47.2 Å². The average molecular weight is 417 g/mol. The summed E-state index contributed by atoms with van der Waals surface area (Å²) in [5.41, 5.74) is 10.8. The van der Waals surface area contributed by atoms with Gasteiger partial charge >= 0.3 is 5.97 Å². The number of pyridine rings is 1. The van der Waals surface area contributed by atoms with Gasteiger partial charge in [0.05, 0.1) is 22.5 Å². The van der Waals surface area contributed by atoms with Crippen molar-refractivity contribution in [2.24, 2.45) is 4.99 Å². The molecule has 1 aromatic heterocycles. The van der Waals surface area contributed by atoms with Gasteiger partial charge in [-0.3, -0.25) is 4.99 Å². The molecule has 3 N–H and O–H groups in total. The second kappa shape index (κ2) is 9.40. The number of nitrogen functional groups attached to an aromatic ring is 1. The van der Waals surface area contributed by atoms with E-state index < -0.39 is 11.8 Å². The van der Waals surface area contributed by atoms with Gasteiger partial charge < -0.3 is 10.8 Å². The van der Waals surface area contributed by atoms with Gasteiger partial charge in [-0.1, -0.05) is 31.8 Å². The molecule has 1 aliphatic rings. The Morgan fingerprint density at radius 3 is 2.58 bits per heavy atom. The number of hydrogen-bond donors (Lipinski definition) is 2. The molecule has 1 aliphatic heterocycles. The van der Waals surface area contributed by atoms with Gasteiger partial charge in [0.2, 0.25) is 0 Å². The number of halogens is 1. The van der Waals surface area contributed by atoms with E-state index in [-0.39, 0.29) is 5.56 Å². The number of aromatic carboxylic acids is 1. The summed E-state index contributed by atoms with van der Waals surface area (Å²) in [6, 6.07) is 7.56. The molecular formula is C25H24FN3O2. The first-order valence-electron chi connectivity index (χ1n) is 10.1. The summed E-state index contributed by atoms with van der Waals surface area (Å²) in [5.74, 6) is 4.71. The lowest BCUT2D eigenvalue weighted by atomic mass is 9.92. The van der Waals surface area contributed by atoms with Crippen molar-refractivity contribution in [3.8, 4) is 11.8 Å². The number of nitrogens with zero attached hydrogens (tertiary/aromatic N) is 2. The maximum Gasteiger partial charge on any atom is 0.338 e. The van der Waals surface area contributed by atoms with Crippen LogP contribution in [-0.2, 0) is 0 Å². The Kier molecular flexibility index (Phi) is 6.66. The zero-order chi connectivity index (χ0) is 22.5. The molecule has 0 aliphatic carbocycles. The van der Waals surface area contributed by atoms with Gasteiger partial charge in [0.15, 0.2) is 0 Å². The maximum atomic E-state index is 14.4. The van der Waals surface area contributed by atoms with Crippen LogP contribution in [0.5, 0.6) is 0 Å². The van der Waals surface area contributed by atoms with Gasteiger partial charge in [-0.05, 0) is 61.6 Å². The normalized spacial score (nSPS) is 13.7. The predicted octanol–water partition coefficient (Wildman–Crippen LogP) is 5.05. The number of aryl methyl sites for hydroxylation is 1. The molecular weight excluding hydrogens is 393 g/mol. The number of carbonyl (C=O) groups is 1. The van der Waals surface area contributed by atoms with E-state index in [1.54, 1.807) is 18.3 Å². The lowest BCUT2D eigenvalue weighted by Gasteiger charge is -2.11. The first-order chi connectivity index (χ1) is 14.8. The molecule has 2 heterocycles. The number of carboxylic acids is 1. The molecule has 6 heteroatoms. The highest BCUT2D eigenvalue weighted by atomic mass is 19.1.